The highest BCUT2D eigenvalue weighted by Crippen LogP contribution is 2.16. The number of esters is 1. The van der Waals surface area contributed by atoms with Crippen molar-refractivity contribution in [2.45, 2.75) is 51.2 Å². The predicted octanol–water partition coefficient (Wildman–Crippen LogP) is 3.26. The Morgan fingerprint density at radius 3 is 2.24 bits per heavy atom. The summed E-state index contributed by atoms with van der Waals surface area (Å²) in [6, 6.07) is 12.7. The van der Waals surface area contributed by atoms with Crippen molar-refractivity contribution in [1.82, 2.24) is 4.72 Å². The van der Waals surface area contributed by atoms with Crippen LogP contribution in [0.2, 0.25) is 0 Å². The van der Waals surface area contributed by atoms with Crippen molar-refractivity contribution in [3.63, 3.8) is 0 Å². The molecule has 2 aromatic rings. The molecule has 2 aromatic carbocycles. The summed E-state index contributed by atoms with van der Waals surface area (Å²) in [5.41, 5.74) is 1.01. The number of anilines is 1. The summed E-state index contributed by atoms with van der Waals surface area (Å²) in [5, 5.41) is 2.67. The van der Waals surface area contributed by atoms with Gasteiger partial charge in [0.25, 0.3) is 5.91 Å². The SMILES string of the molecule is Cc1ccc(NC(=O)[C@H](C)OC(=O)c2cccc(S(=O)(=O)NC(C)(C)C)c2)cc1. The number of benzene rings is 2. The first-order valence-corrected chi connectivity index (χ1v) is 10.6. The Bertz CT molecular complexity index is 992. The van der Waals surface area contributed by atoms with Gasteiger partial charge in [0, 0.05) is 11.2 Å². The average molecular weight is 419 g/mol. The van der Waals surface area contributed by atoms with Gasteiger partial charge in [-0.15, -0.1) is 0 Å². The minimum atomic E-state index is -3.80. The van der Waals surface area contributed by atoms with Gasteiger partial charge in [0.2, 0.25) is 10.0 Å². The van der Waals surface area contributed by atoms with E-state index in [9.17, 15) is 18.0 Å². The molecule has 0 radical (unpaired) electrons. The second-order valence-electron chi connectivity index (χ2n) is 7.79. The molecule has 0 fully saturated rings. The number of sulfonamides is 1. The number of rotatable bonds is 6. The summed E-state index contributed by atoms with van der Waals surface area (Å²) in [6.45, 7) is 8.54. The van der Waals surface area contributed by atoms with Gasteiger partial charge in [-0.1, -0.05) is 23.8 Å². The van der Waals surface area contributed by atoms with Crippen LogP contribution in [0.4, 0.5) is 5.69 Å². The topological polar surface area (TPSA) is 102 Å². The highest BCUT2D eigenvalue weighted by Gasteiger charge is 2.24. The van der Waals surface area contributed by atoms with E-state index >= 15 is 0 Å². The molecule has 0 aromatic heterocycles. The van der Waals surface area contributed by atoms with E-state index in [0.717, 1.165) is 5.56 Å². The number of carbonyl (C=O) groups excluding carboxylic acids is 2. The van der Waals surface area contributed by atoms with Crippen molar-refractivity contribution < 1.29 is 22.7 Å². The van der Waals surface area contributed by atoms with Gasteiger partial charge in [0.05, 0.1) is 10.5 Å². The van der Waals surface area contributed by atoms with Crippen LogP contribution in [-0.2, 0) is 19.6 Å². The zero-order valence-corrected chi connectivity index (χ0v) is 18.0. The van der Waals surface area contributed by atoms with Gasteiger partial charge in [0.1, 0.15) is 0 Å². The zero-order chi connectivity index (χ0) is 21.8. The molecule has 2 rings (SSSR count). The predicted molar refractivity (Wildman–Crippen MR) is 111 cm³/mol. The fourth-order valence-electron chi connectivity index (χ4n) is 2.42. The smallest absolute Gasteiger partial charge is 0.338 e. The Morgan fingerprint density at radius 1 is 1.03 bits per heavy atom. The molecule has 0 aliphatic carbocycles. The first kappa shape index (κ1) is 22.6. The van der Waals surface area contributed by atoms with E-state index < -0.39 is 33.5 Å². The lowest BCUT2D eigenvalue weighted by Crippen LogP contribution is -2.40. The summed E-state index contributed by atoms with van der Waals surface area (Å²) >= 11 is 0. The fourth-order valence-corrected chi connectivity index (χ4v) is 3.88. The quantitative estimate of drug-likeness (QED) is 0.701. The Balaban J connectivity index is 2.08. The van der Waals surface area contributed by atoms with Gasteiger partial charge < -0.3 is 10.1 Å². The largest absolute Gasteiger partial charge is 0.449 e. The van der Waals surface area contributed by atoms with E-state index in [1.54, 1.807) is 32.9 Å². The Labute approximate surface area is 171 Å². The third kappa shape index (κ3) is 6.69. The second kappa shape index (κ2) is 8.75. The van der Waals surface area contributed by atoms with Crippen LogP contribution in [0, 0.1) is 6.92 Å². The van der Waals surface area contributed by atoms with Gasteiger partial charge in [-0.25, -0.2) is 17.9 Å². The Morgan fingerprint density at radius 2 is 1.66 bits per heavy atom. The highest BCUT2D eigenvalue weighted by atomic mass is 32.2. The molecule has 0 aliphatic rings. The molecule has 8 heteroatoms. The van der Waals surface area contributed by atoms with E-state index in [-0.39, 0.29) is 10.5 Å². The molecule has 0 heterocycles. The number of carbonyl (C=O) groups is 2. The summed E-state index contributed by atoms with van der Waals surface area (Å²) in [4.78, 5) is 24.6. The lowest BCUT2D eigenvalue weighted by atomic mass is 10.1. The van der Waals surface area contributed by atoms with E-state index in [1.165, 1.54) is 31.2 Å². The highest BCUT2D eigenvalue weighted by molar-refractivity contribution is 7.89. The van der Waals surface area contributed by atoms with Gasteiger partial charge in [-0.05, 0) is 65.0 Å². The van der Waals surface area contributed by atoms with Gasteiger partial charge in [-0.3, -0.25) is 4.79 Å². The van der Waals surface area contributed by atoms with Crippen LogP contribution in [0.25, 0.3) is 0 Å². The summed E-state index contributed by atoms with van der Waals surface area (Å²) in [5.74, 6) is -1.27. The molecule has 0 unspecified atom stereocenters. The third-order valence-electron chi connectivity index (χ3n) is 3.79. The minimum absolute atomic E-state index is 0.0387. The maximum absolute atomic E-state index is 12.5. The van der Waals surface area contributed by atoms with Crippen LogP contribution in [0.1, 0.15) is 43.6 Å². The number of amides is 1. The molecular formula is C21H26N2O5S. The van der Waals surface area contributed by atoms with Crippen molar-refractivity contribution in [3.8, 4) is 0 Å². The lowest BCUT2D eigenvalue weighted by molar-refractivity contribution is -0.123. The number of ether oxygens (including phenoxy) is 1. The molecular weight excluding hydrogens is 392 g/mol. The third-order valence-corrected chi connectivity index (χ3v) is 5.55. The summed E-state index contributed by atoms with van der Waals surface area (Å²) in [6.07, 6.45) is -1.06. The monoisotopic (exact) mass is 418 g/mol. The summed E-state index contributed by atoms with van der Waals surface area (Å²) < 4.78 is 32.6. The second-order valence-corrected chi connectivity index (χ2v) is 9.47. The number of nitrogens with one attached hydrogen (secondary N) is 2. The molecule has 2 N–H and O–H groups in total. The normalized spacial score (nSPS) is 12.9. The number of hydrogen-bond acceptors (Lipinski definition) is 5. The first-order chi connectivity index (χ1) is 13.4. The van der Waals surface area contributed by atoms with E-state index in [2.05, 4.69) is 10.0 Å². The fraction of sp³-hybridized carbons (Fsp3) is 0.333. The molecule has 156 valence electrons. The molecule has 1 atom stereocenters. The molecule has 0 spiro atoms. The maximum atomic E-state index is 12.5. The van der Waals surface area contributed by atoms with Crippen LogP contribution < -0.4 is 10.0 Å². The van der Waals surface area contributed by atoms with E-state index in [4.69, 9.17) is 4.74 Å². The molecule has 0 saturated carbocycles. The first-order valence-electron chi connectivity index (χ1n) is 9.10. The summed E-state index contributed by atoms with van der Waals surface area (Å²) in [7, 11) is -3.80. The Hall–Kier alpha value is -2.71. The van der Waals surface area contributed by atoms with Crippen molar-refractivity contribution in [2.75, 3.05) is 5.32 Å². The molecule has 1 amide bonds. The van der Waals surface area contributed by atoms with Gasteiger partial charge >= 0.3 is 5.97 Å². The molecule has 0 saturated heterocycles. The molecule has 7 nitrogen and oxygen atoms in total. The van der Waals surface area contributed by atoms with E-state index in [1.807, 2.05) is 19.1 Å². The minimum Gasteiger partial charge on any atom is -0.449 e. The van der Waals surface area contributed by atoms with Crippen LogP contribution in [0.5, 0.6) is 0 Å². The number of aryl methyl sites for hydroxylation is 1. The van der Waals surface area contributed by atoms with Gasteiger partial charge in [0.15, 0.2) is 6.10 Å². The number of hydrogen-bond donors (Lipinski definition) is 2. The molecule has 0 bridgehead atoms. The van der Waals surface area contributed by atoms with Gasteiger partial charge in [-0.2, -0.15) is 0 Å². The van der Waals surface area contributed by atoms with Crippen LogP contribution in [-0.4, -0.2) is 31.9 Å². The van der Waals surface area contributed by atoms with Crippen LogP contribution >= 0.6 is 0 Å². The maximum Gasteiger partial charge on any atom is 0.338 e. The van der Waals surface area contributed by atoms with Crippen molar-refractivity contribution in [2.24, 2.45) is 0 Å². The van der Waals surface area contributed by atoms with Crippen molar-refractivity contribution in [3.05, 3.63) is 59.7 Å². The zero-order valence-electron chi connectivity index (χ0n) is 17.1. The molecule has 29 heavy (non-hydrogen) atoms. The average Bonchev–Trinajstić information content (AvgIpc) is 2.61. The van der Waals surface area contributed by atoms with Crippen LogP contribution in [0.3, 0.4) is 0 Å². The standard InChI is InChI=1S/C21H26N2O5S/c1-14-9-11-17(12-10-14)22-19(24)15(2)28-20(25)16-7-6-8-18(13-16)29(26,27)23-21(3,4)5/h6-13,15,23H,1-5H3,(H,22,24)/t15-/m0/s1. The Kier molecular flexibility index (Phi) is 6.81. The van der Waals surface area contributed by atoms with Crippen molar-refractivity contribution >= 4 is 27.6 Å². The lowest BCUT2D eigenvalue weighted by Gasteiger charge is -2.20. The van der Waals surface area contributed by atoms with Crippen molar-refractivity contribution in [1.29, 1.82) is 0 Å². The van der Waals surface area contributed by atoms with Crippen LogP contribution in [0.15, 0.2) is 53.4 Å². The van der Waals surface area contributed by atoms with E-state index in [0.29, 0.717) is 5.69 Å². The molecule has 0 aliphatic heterocycles.